The van der Waals surface area contributed by atoms with Gasteiger partial charge in [0.2, 0.25) is 0 Å². The number of pyridine rings is 1. The van der Waals surface area contributed by atoms with Crippen molar-refractivity contribution >= 4 is 23.6 Å². The summed E-state index contributed by atoms with van der Waals surface area (Å²) in [5.41, 5.74) is 1.09. The number of carbonyl (C=O) groups excluding carboxylic acids is 1. The van der Waals surface area contributed by atoms with Gasteiger partial charge in [-0.25, -0.2) is 4.79 Å². The average molecular weight is 266 g/mol. The third-order valence-electron chi connectivity index (χ3n) is 2.98. The zero-order valence-corrected chi connectivity index (χ0v) is 11.0. The maximum Gasteiger partial charge on any atom is 0.327 e. The van der Waals surface area contributed by atoms with E-state index in [1.807, 2.05) is 6.92 Å². The number of hydrogen-bond acceptors (Lipinski definition) is 4. The predicted molar refractivity (Wildman–Crippen MR) is 68.5 cm³/mol. The second-order valence-electron chi connectivity index (χ2n) is 4.14. The van der Waals surface area contributed by atoms with Gasteiger partial charge in [-0.3, -0.25) is 9.78 Å². The van der Waals surface area contributed by atoms with Gasteiger partial charge in [-0.1, -0.05) is 0 Å². The van der Waals surface area contributed by atoms with Crippen molar-refractivity contribution in [1.82, 2.24) is 9.88 Å². The number of rotatable bonds is 2. The van der Waals surface area contributed by atoms with Gasteiger partial charge in [-0.05, 0) is 26.0 Å². The third-order valence-corrected chi connectivity index (χ3v) is 4.20. The monoisotopic (exact) mass is 266 g/mol. The van der Waals surface area contributed by atoms with Crippen LogP contribution in [0.5, 0.6) is 0 Å². The Morgan fingerprint density at radius 1 is 1.56 bits per heavy atom. The Morgan fingerprint density at radius 3 is 2.89 bits per heavy atom. The van der Waals surface area contributed by atoms with Crippen molar-refractivity contribution in [3.63, 3.8) is 0 Å². The molecule has 1 aliphatic rings. The molecular formula is C12H14N2O3S. The number of carboxylic acids is 1. The standard InChI is InChI=1S/C12H14N2O3S/c1-7-9(4-3-5-13-7)11(15)14-8(2)18-6-10(14)12(16)17/h3-5,8,10H,6H2,1-2H3,(H,16,17). The van der Waals surface area contributed by atoms with Gasteiger partial charge in [-0.15, -0.1) is 11.8 Å². The van der Waals surface area contributed by atoms with E-state index in [0.717, 1.165) is 0 Å². The zero-order valence-electron chi connectivity index (χ0n) is 10.2. The van der Waals surface area contributed by atoms with Crippen molar-refractivity contribution in [1.29, 1.82) is 0 Å². The molecule has 2 unspecified atom stereocenters. The molecule has 0 saturated carbocycles. The Morgan fingerprint density at radius 2 is 2.28 bits per heavy atom. The topological polar surface area (TPSA) is 70.5 Å². The van der Waals surface area contributed by atoms with E-state index in [1.54, 1.807) is 25.3 Å². The van der Waals surface area contributed by atoms with Crippen LogP contribution in [0.4, 0.5) is 0 Å². The highest BCUT2D eigenvalue weighted by atomic mass is 32.2. The normalized spacial score (nSPS) is 23.1. The van der Waals surface area contributed by atoms with Gasteiger partial charge < -0.3 is 10.0 Å². The Kier molecular flexibility index (Phi) is 3.56. The molecule has 0 aromatic carbocycles. The van der Waals surface area contributed by atoms with Crippen LogP contribution in [0.15, 0.2) is 18.3 Å². The molecule has 1 fully saturated rings. The number of amides is 1. The molecular weight excluding hydrogens is 252 g/mol. The van der Waals surface area contributed by atoms with Gasteiger partial charge in [0.1, 0.15) is 6.04 Å². The molecule has 96 valence electrons. The summed E-state index contributed by atoms with van der Waals surface area (Å²) >= 11 is 1.47. The van der Waals surface area contributed by atoms with Gasteiger partial charge in [0.15, 0.2) is 0 Å². The van der Waals surface area contributed by atoms with Crippen molar-refractivity contribution in [2.75, 3.05) is 5.75 Å². The summed E-state index contributed by atoms with van der Waals surface area (Å²) in [6, 6.07) is 2.61. The zero-order chi connectivity index (χ0) is 13.3. The van der Waals surface area contributed by atoms with E-state index in [4.69, 9.17) is 5.11 Å². The molecule has 1 aromatic rings. The predicted octanol–water partition coefficient (Wildman–Crippen LogP) is 1.38. The first-order valence-electron chi connectivity index (χ1n) is 5.61. The van der Waals surface area contributed by atoms with Crippen molar-refractivity contribution < 1.29 is 14.7 Å². The molecule has 18 heavy (non-hydrogen) atoms. The summed E-state index contributed by atoms with van der Waals surface area (Å²) in [7, 11) is 0. The smallest absolute Gasteiger partial charge is 0.327 e. The Labute approximate surface area is 109 Å². The minimum absolute atomic E-state index is 0.127. The van der Waals surface area contributed by atoms with E-state index in [2.05, 4.69) is 4.98 Å². The fourth-order valence-corrected chi connectivity index (χ4v) is 3.16. The van der Waals surface area contributed by atoms with E-state index < -0.39 is 12.0 Å². The van der Waals surface area contributed by atoms with E-state index in [9.17, 15) is 9.59 Å². The first-order valence-corrected chi connectivity index (χ1v) is 6.66. The molecule has 1 saturated heterocycles. The molecule has 1 aromatic heterocycles. The largest absolute Gasteiger partial charge is 0.480 e. The van der Waals surface area contributed by atoms with Crippen molar-refractivity contribution in [3.8, 4) is 0 Å². The van der Waals surface area contributed by atoms with Crippen LogP contribution in [0, 0.1) is 6.92 Å². The maximum atomic E-state index is 12.4. The van der Waals surface area contributed by atoms with Gasteiger partial charge in [0.25, 0.3) is 5.91 Å². The van der Waals surface area contributed by atoms with Gasteiger partial charge in [0.05, 0.1) is 10.9 Å². The first kappa shape index (κ1) is 12.9. The summed E-state index contributed by atoms with van der Waals surface area (Å²) in [4.78, 5) is 29.1. The fraction of sp³-hybridized carbons (Fsp3) is 0.417. The summed E-state index contributed by atoms with van der Waals surface area (Å²) in [6.07, 6.45) is 1.61. The molecule has 1 aliphatic heterocycles. The fourth-order valence-electron chi connectivity index (χ4n) is 1.99. The van der Waals surface area contributed by atoms with Crippen LogP contribution in [0.3, 0.4) is 0 Å². The summed E-state index contributed by atoms with van der Waals surface area (Å²) < 4.78 is 0. The molecule has 0 aliphatic carbocycles. The van der Waals surface area contributed by atoms with E-state index in [0.29, 0.717) is 17.0 Å². The SMILES string of the molecule is Cc1ncccc1C(=O)N1C(C)SCC1C(=O)O. The molecule has 2 heterocycles. The Bertz CT molecular complexity index is 492. The molecule has 1 N–H and O–H groups in total. The minimum Gasteiger partial charge on any atom is -0.480 e. The second-order valence-corrected chi connectivity index (χ2v) is 5.48. The highest BCUT2D eigenvalue weighted by Gasteiger charge is 2.40. The average Bonchev–Trinajstić information content (AvgIpc) is 2.71. The highest BCUT2D eigenvalue weighted by molar-refractivity contribution is 8.00. The highest BCUT2D eigenvalue weighted by Crippen LogP contribution is 2.30. The summed E-state index contributed by atoms with van der Waals surface area (Å²) in [6.45, 7) is 3.59. The number of aliphatic carboxylic acids is 1. The number of aromatic nitrogens is 1. The van der Waals surface area contributed by atoms with Crippen LogP contribution < -0.4 is 0 Å². The number of aryl methyl sites for hydroxylation is 1. The number of carboxylic acid groups (broad SMARTS) is 1. The Balaban J connectivity index is 2.33. The molecule has 2 atom stereocenters. The van der Waals surface area contributed by atoms with Crippen LogP contribution in [-0.4, -0.2) is 44.0 Å². The molecule has 6 heteroatoms. The lowest BCUT2D eigenvalue weighted by atomic mass is 10.1. The van der Waals surface area contributed by atoms with Gasteiger partial charge >= 0.3 is 5.97 Å². The van der Waals surface area contributed by atoms with E-state index in [-0.39, 0.29) is 11.3 Å². The van der Waals surface area contributed by atoms with Crippen molar-refractivity contribution in [2.24, 2.45) is 0 Å². The lowest BCUT2D eigenvalue weighted by Gasteiger charge is -2.25. The Hall–Kier alpha value is -1.56. The quantitative estimate of drug-likeness (QED) is 0.875. The molecule has 2 rings (SSSR count). The summed E-state index contributed by atoms with van der Waals surface area (Å²) in [5, 5.41) is 9.02. The van der Waals surface area contributed by atoms with Crippen LogP contribution >= 0.6 is 11.8 Å². The maximum absolute atomic E-state index is 12.4. The second kappa shape index (κ2) is 4.97. The summed E-state index contributed by atoms with van der Waals surface area (Å²) in [5.74, 6) is -0.783. The van der Waals surface area contributed by atoms with E-state index in [1.165, 1.54) is 16.7 Å². The van der Waals surface area contributed by atoms with Gasteiger partial charge in [0, 0.05) is 17.6 Å². The van der Waals surface area contributed by atoms with Crippen LogP contribution in [0.25, 0.3) is 0 Å². The molecule has 0 radical (unpaired) electrons. The van der Waals surface area contributed by atoms with E-state index >= 15 is 0 Å². The first-order chi connectivity index (χ1) is 8.52. The lowest BCUT2D eigenvalue weighted by molar-refractivity contribution is -0.141. The van der Waals surface area contributed by atoms with Crippen LogP contribution in [-0.2, 0) is 4.79 Å². The van der Waals surface area contributed by atoms with Crippen LogP contribution in [0.1, 0.15) is 23.0 Å². The molecule has 5 nitrogen and oxygen atoms in total. The number of thioether (sulfide) groups is 1. The molecule has 1 amide bonds. The lowest BCUT2D eigenvalue weighted by Crippen LogP contribution is -2.45. The molecule has 0 bridgehead atoms. The number of nitrogens with zero attached hydrogens (tertiary/aromatic N) is 2. The van der Waals surface area contributed by atoms with Crippen LogP contribution in [0.2, 0.25) is 0 Å². The van der Waals surface area contributed by atoms with Gasteiger partial charge in [-0.2, -0.15) is 0 Å². The van der Waals surface area contributed by atoms with Crippen molar-refractivity contribution in [2.45, 2.75) is 25.3 Å². The number of carbonyl (C=O) groups is 2. The number of hydrogen-bond donors (Lipinski definition) is 1. The minimum atomic E-state index is -0.957. The molecule has 0 spiro atoms. The van der Waals surface area contributed by atoms with Crippen molar-refractivity contribution in [3.05, 3.63) is 29.6 Å². The third kappa shape index (κ3) is 2.20.